The Morgan fingerprint density at radius 2 is 1.66 bits per heavy atom. The third kappa shape index (κ3) is 8.95. The number of carbonyl (C=O) groups excluding carboxylic acids is 4. The molecular weight excluding hydrogens is 877 g/mol. The number of rotatable bonds is 15. The number of fused-ring (bicyclic) bond motifs is 9. The number of aliphatic hydroxyl groups excluding tert-OH is 1. The Hall–Kier alpha value is -5.70. The number of alkyl carbamates (subject to hydrolysis) is 1. The Balaban J connectivity index is 1.13. The number of hydrogen-bond donors (Lipinski definition) is 2. The van der Waals surface area contributed by atoms with Crippen LogP contribution < -0.4 is 14.8 Å². The van der Waals surface area contributed by atoms with Crippen molar-refractivity contribution in [3.8, 4) is 28.7 Å². The number of likely N-dealkylation sites (N-methyl/N-ethyl adjacent to an activating group) is 1. The van der Waals surface area contributed by atoms with Crippen LogP contribution in [0.15, 0.2) is 77.1 Å². The first-order valence-electron chi connectivity index (χ1n) is 22.5. The van der Waals surface area contributed by atoms with Gasteiger partial charge in [0, 0.05) is 58.9 Å². The van der Waals surface area contributed by atoms with Gasteiger partial charge >= 0.3 is 12.1 Å². The predicted octanol–water partition coefficient (Wildman–Crippen LogP) is 6.51. The fraction of sp³-hybridized carbons (Fsp3) is 0.471. The van der Waals surface area contributed by atoms with Crippen LogP contribution in [0.1, 0.15) is 73.9 Å². The Morgan fingerprint density at radius 1 is 0.970 bits per heavy atom. The van der Waals surface area contributed by atoms with Crippen molar-refractivity contribution >= 4 is 35.4 Å². The Bertz CT molecular complexity index is 2530. The quantitative estimate of drug-likeness (QED) is 0.0552. The van der Waals surface area contributed by atoms with E-state index in [1.807, 2.05) is 49.2 Å². The molecule has 0 radical (unpaired) electrons. The van der Waals surface area contributed by atoms with Gasteiger partial charge in [-0.05, 0) is 87.9 Å². The fourth-order valence-electron chi connectivity index (χ4n) is 10.6. The largest absolute Gasteiger partial charge is 0.507 e. The van der Waals surface area contributed by atoms with Gasteiger partial charge in [-0.15, -0.1) is 0 Å². The molecule has 3 aliphatic heterocycles. The van der Waals surface area contributed by atoms with Gasteiger partial charge in [0.05, 0.1) is 38.5 Å². The van der Waals surface area contributed by atoms with Gasteiger partial charge in [-0.3, -0.25) is 19.4 Å². The van der Waals surface area contributed by atoms with Crippen molar-refractivity contribution in [1.29, 1.82) is 5.26 Å². The summed E-state index contributed by atoms with van der Waals surface area (Å²) in [6.45, 7) is 8.60. The predicted molar refractivity (Wildman–Crippen MR) is 250 cm³/mol. The van der Waals surface area contributed by atoms with E-state index >= 15 is 0 Å². The summed E-state index contributed by atoms with van der Waals surface area (Å²) in [5, 5.41) is 25.5. The molecule has 6 atom stereocenters. The number of ketones is 2. The lowest BCUT2D eigenvalue weighted by Crippen LogP contribution is -2.70. The number of nitrogens with one attached hydrogen (secondary N) is 1. The van der Waals surface area contributed by atoms with Gasteiger partial charge in [-0.2, -0.15) is 17.0 Å². The van der Waals surface area contributed by atoms with Crippen LogP contribution in [-0.2, 0) is 39.8 Å². The zero-order valence-electron chi connectivity index (χ0n) is 39.2. The summed E-state index contributed by atoms with van der Waals surface area (Å²) < 4.78 is 35.0. The molecule has 2 bridgehead atoms. The van der Waals surface area contributed by atoms with Crippen molar-refractivity contribution in [2.75, 3.05) is 59.4 Å². The molecule has 8 rings (SSSR count). The second-order valence-electron chi connectivity index (χ2n) is 18.6. The van der Waals surface area contributed by atoms with Gasteiger partial charge in [0.15, 0.2) is 18.3 Å². The molecule has 2 aliphatic carbocycles. The molecule has 1 saturated heterocycles. The number of nitrogens with zero attached hydrogens (tertiary/aromatic N) is 3. The minimum Gasteiger partial charge on any atom is -0.507 e. The number of aryl methyl sites for hydroxylation is 1. The number of esters is 1. The Kier molecular flexibility index (Phi) is 13.9. The number of Topliss-reactive ketones (excluding diaryl/α,β-unsaturated/α-hetero) is 2. The van der Waals surface area contributed by atoms with E-state index in [9.17, 15) is 29.5 Å². The Morgan fingerprint density at radius 3 is 2.30 bits per heavy atom. The summed E-state index contributed by atoms with van der Waals surface area (Å²) in [6.07, 6.45) is -0.315. The summed E-state index contributed by atoms with van der Waals surface area (Å²) in [6, 6.07) is 16.3. The maximum Gasteiger partial charge on any atom is 0.408 e. The summed E-state index contributed by atoms with van der Waals surface area (Å²) in [7, 11) is 5.09. The standard InChI is InChI=1S/C51H58N4O11S/c1-27-19-29-20-37-39(22-52)55-38(43(54(37)6)41(29)48(47(27)62-8)65-26-63-18-17-61-7)21-34-42(46(58)45(57)28(2)44(34)56)40(55)23-64-49(59)36(53-50(60)66-51(3,4)5)25-67-24-35-32-15-11-9-13-30(32)31-14-10-12-16-33(31)35/h9-16,19,35-40,43,56H,17-18,20-21,23-26H2,1-8H3,(H,53,60)/t36?,37-,38-,39-,40-,43-/m0/s1. The van der Waals surface area contributed by atoms with Gasteiger partial charge in [0.2, 0.25) is 11.6 Å². The lowest BCUT2D eigenvalue weighted by molar-refractivity contribution is -0.150. The first-order valence-corrected chi connectivity index (χ1v) is 23.7. The summed E-state index contributed by atoms with van der Waals surface area (Å²) in [5.41, 5.74) is 6.55. The highest BCUT2D eigenvalue weighted by molar-refractivity contribution is 7.99. The SMILES string of the molecule is COCCOCOc1c(OC)c(C)cc2c1[C@@H]1[C@@H]3CC4=C(C(=O)C(=O)C(C)=C4O)[C@H](COC(=O)C(CSCC4c5ccccc5-c5ccccc54)NC(=O)OC(C)(C)C)N3[C@@H](C#N)[C@H](C2)N1C. The third-order valence-corrected chi connectivity index (χ3v) is 14.6. The monoisotopic (exact) mass is 934 g/mol. The number of ether oxygens (including phenoxy) is 6. The van der Waals surface area contributed by atoms with Crippen LogP contribution in [0.4, 0.5) is 4.79 Å². The van der Waals surface area contributed by atoms with Crippen molar-refractivity contribution < 1.29 is 52.7 Å². The average molecular weight is 935 g/mol. The van der Waals surface area contributed by atoms with Crippen LogP contribution in [0.3, 0.4) is 0 Å². The normalized spacial score (nSPS) is 22.8. The number of methoxy groups -OCH3 is 2. The van der Waals surface area contributed by atoms with Crippen molar-refractivity contribution in [2.45, 2.75) is 95.2 Å². The summed E-state index contributed by atoms with van der Waals surface area (Å²) in [5.74, 6) is -1.08. The molecular formula is C51H58N4O11S. The number of thioether (sulfide) groups is 1. The van der Waals surface area contributed by atoms with Gasteiger partial charge in [-0.1, -0.05) is 54.6 Å². The summed E-state index contributed by atoms with van der Waals surface area (Å²) in [4.78, 5) is 59.6. The van der Waals surface area contributed by atoms with Crippen LogP contribution in [0, 0.1) is 18.3 Å². The van der Waals surface area contributed by atoms with E-state index in [0.29, 0.717) is 36.9 Å². The number of piperazine rings is 1. The van der Waals surface area contributed by atoms with Crippen molar-refractivity contribution in [3.05, 3.63) is 105 Å². The molecule has 3 aromatic carbocycles. The molecule has 354 valence electrons. The van der Waals surface area contributed by atoms with Crippen molar-refractivity contribution in [1.82, 2.24) is 15.1 Å². The van der Waals surface area contributed by atoms with Crippen molar-refractivity contribution in [3.63, 3.8) is 0 Å². The first-order chi connectivity index (χ1) is 32.1. The molecule has 3 aromatic rings. The highest BCUT2D eigenvalue weighted by Crippen LogP contribution is 2.54. The molecule has 1 amide bonds. The topological polar surface area (TPSA) is 186 Å². The first kappa shape index (κ1) is 47.8. The number of hydrogen-bond acceptors (Lipinski definition) is 15. The van der Waals surface area contributed by atoms with Gasteiger partial charge in [-0.25, -0.2) is 9.59 Å². The van der Waals surface area contributed by atoms with E-state index in [2.05, 4.69) is 40.6 Å². The molecule has 67 heavy (non-hydrogen) atoms. The molecule has 0 saturated carbocycles. The summed E-state index contributed by atoms with van der Waals surface area (Å²) >= 11 is 1.48. The van der Waals surface area contributed by atoms with Gasteiger partial charge < -0.3 is 38.8 Å². The van der Waals surface area contributed by atoms with E-state index < -0.39 is 72.1 Å². The number of aliphatic hydroxyl groups is 1. The number of carbonyl (C=O) groups is 4. The molecule has 1 fully saturated rings. The van der Waals surface area contributed by atoms with E-state index in [-0.39, 0.29) is 47.4 Å². The molecule has 2 N–H and O–H groups in total. The highest BCUT2D eigenvalue weighted by atomic mass is 32.2. The average Bonchev–Trinajstić information content (AvgIpc) is 3.61. The van der Waals surface area contributed by atoms with Crippen LogP contribution in [0.25, 0.3) is 11.1 Å². The highest BCUT2D eigenvalue weighted by Gasteiger charge is 2.58. The minimum atomic E-state index is -1.19. The van der Waals surface area contributed by atoms with Crippen LogP contribution in [-0.4, -0.2) is 134 Å². The van der Waals surface area contributed by atoms with Gasteiger partial charge in [0.25, 0.3) is 0 Å². The molecule has 1 unspecified atom stereocenters. The molecule has 16 heteroatoms. The van der Waals surface area contributed by atoms with Crippen LogP contribution in [0.2, 0.25) is 0 Å². The maximum absolute atomic E-state index is 14.5. The van der Waals surface area contributed by atoms with E-state index in [1.165, 1.54) is 29.8 Å². The van der Waals surface area contributed by atoms with Crippen molar-refractivity contribution in [2.24, 2.45) is 0 Å². The number of benzene rings is 3. The second kappa shape index (κ2) is 19.5. The fourth-order valence-corrected chi connectivity index (χ4v) is 11.8. The van der Waals surface area contributed by atoms with E-state index in [0.717, 1.165) is 27.8 Å². The molecule has 15 nitrogen and oxygen atoms in total. The van der Waals surface area contributed by atoms with Crippen LogP contribution >= 0.6 is 11.8 Å². The molecule has 0 aromatic heterocycles. The lowest BCUT2D eigenvalue weighted by atomic mass is 9.70. The minimum absolute atomic E-state index is 0.0191. The number of allylic oxidation sites excluding steroid dienone is 2. The molecule has 0 spiro atoms. The number of nitriles is 1. The smallest absolute Gasteiger partial charge is 0.408 e. The van der Waals surface area contributed by atoms with E-state index in [4.69, 9.17) is 28.4 Å². The molecule has 3 heterocycles. The van der Waals surface area contributed by atoms with E-state index in [1.54, 1.807) is 35.0 Å². The zero-order chi connectivity index (χ0) is 47.9. The third-order valence-electron chi connectivity index (χ3n) is 13.5. The number of amides is 1. The maximum atomic E-state index is 14.5. The second-order valence-corrected chi connectivity index (χ2v) is 19.7. The van der Waals surface area contributed by atoms with Gasteiger partial charge in [0.1, 0.15) is 30.1 Å². The van der Waals surface area contributed by atoms with Crippen LogP contribution in [0.5, 0.6) is 11.5 Å². The zero-order valence-corrected chi connectivity index (χ0v) is 40.0. The lowest BCUT2D eigenvalue weighted by Gasteiger charge is -2.60. The molecule has 5 aliphatic rings. The Labute approximate surface area is 395 Å².